The van der Waals surface area contributed by atoms with Crippen molar-refractivity contribution in [2.75, 3.05) is 28.6 Å². The van der Waals surface area contributed by atoms with Crippen molar-refractivity contribution in [2.24, 2.45) is 5.41 Å². The number of hydrogen-bond donors (Lipinski definition) is 2. The van der Waals surface area contributed by atoms with Gasteiger partial charge < -0.3 is 15.5 Å². The van der Waals surface area contributed by atoms with Crippen LogP contribution in [0.1, 0.15) is 49.9 Å². The highest BCUT2D eigenvalue weighted by molar-refractivity contribution is 7.18. The molecular formula is C20H28N4O2S. The normalized spacial score (nSPS) is 11.2. The van der Waals surface area contributed by atoms with Crippen molar-refractivity contribution in [3.05, 3.63) is 34.8 Å². The second-order valence-electron chi connectivity index (χ2n) is 7.36. The van der Waals surface area contributed by atoms with E-state index < -0.39 is 5.41 Å². The molecule has 0 aliphatic rings. The first-order chi connectivity index (χ1) is 12.7. The number of amides is 2. The van der Waals surface area contributed by atoms with Gasteiger partial charge in [0.1, 0.15) is 5.82 Å². The molecule has 146 valence electrons. The molecule has 2 amide bonds. The van der Waals surface area contributed by atoms with Gasteiger partial charge in [0.2, 0.25) is 5.91 Å². The smallest absolute Gasteiger partial charge is 0.266 e. The maximum atomic E-state index is 12.6. The van der Waals surface area contributed by atoms with Crippen molar-refractivity contribution >= 4 is 39.7 Å². The average molecular weight is 389 g/mol. The molecule has 0 bridgehead atoms. The van der Waals surface area contributed by atoms with Crippen LogP contribution in [0.5, 0.6) is 0 Å². The number of aryl methyl sites for hydroxylation is 1. The minimum absolute atomic E-state index is 0.0769. The zero-order valence-electron chi connectivity index (χ0n) is 16.8. The Morgan fingerprint density at radius 3 is 2.33 bits per heavy atom. The van der Waals surface area contributed by atoms with Crippen LogP contribution in [0.25, 0.3) is 0 Å². The molecule has 0 spiro atoms. The van der Waals surface area contributed by atoms with Gasteiger partial charge in [-0.1, -0.05) is 20.8 Å². The monoisotopic (exact) mass is 388 g/mol. The Morgan fingerprint density at radius 1 is 1.15 bits per heavy atom. The molecule has 0 aliphatic carbocycles. The Labute approximate surface area is 165 Å². The molecule has 2 aromatic rings. The first-order valence-electron chi connectivity index (χ1n) is 9.10. The zero-order valence-corrected chi connectivity index (χ0v) is 17.7. The Hall–Kier alpha value is -2.41. The van der Waals surface area contributed by atoms with E-state index in [0.29, 0.717) is 15.6 Å². The molecule has 2 heterocycles. The minimum Gasteiger partial charge on any atom is -0.357 e. The van der Waals surface area contributed by atoms with E-state index in [4.69, 9.17) is 0 Å². The number of carbonyl (C=O) groups excluding carboxylic acids is 2. The lowest BCUT2D eigenvalue weighted by Crippen LogP contribution is -2.27. The maximum Gasteiger partial charge on any atom is 0.266 e. The topological polar surface area (TPSA) is 74.3 Å². The summed E-state index contributed by atoms with van der Waals surface area (Å²) in [7, 11) is 0. The Morgan fingerprint density at radius 2 is 1.81 bits per heavy atom. The Kier molecular flexibility index (Phi) is 6.59. The van der Waals surface area contributed by atoms with E-state index in [9.17, 15) is 9.59 Å². The predicted octanol–water partition coefficient (Wildman–Crippen LogP) is 4.53. The summed E-state index contributed by atoms with van der Waals surface area (Å²) in [6, 6.07) is 5.58. The summed E-state index contributed by atoms with van der Waals surface area (Å²) in [6.45, 7) is 13.3. The van der Waals surface area contributed by atoms with Crippen LogP contribution in [-0.4, -0.2) is 29.9 Å². The van der Waals surface area contributed by atoms with Gasteiger partial charge in [0.05, 0.1) is 21.8 Å². The second-order valence-corrected chi connectivity index (χ2v) is 8.41. The largest absolute Gasteiger partial charge is 0.357 e. The molecule has 0 saturated heterocycles. The van der Waals surface area contributed by atoms with Crippen molar-refractivity contribution in [3.63, 3.8) is 0 Å². The van der Waals surface area contributed by atoms with E-state index in [1.54, 1.807) is 6.20 Å². The van der Waals surface area contributed by atoms with Crippen molar-refractivity contribution in [1.82, 2.24) is 4.98 Å². The third-order valence-electron chi connectivity index (χ3n) is 4.14. The van der Waals surface area contributed by atoms with E-state index in [0.717, 1.165) is 24.5 Å². The molecule has 0 unspecified atom stereocenters. The molecule has 27 heavy (non-hydrogen) atoms. The van der Waals surface area contributed by atoms with Crippen LogP contribution in [0.15, 0.2) is 24.4 Å². The molecule has 0 atom stereocenters. The molecule has 0 fully saturated rings. The summed E-state index contributed by atoms with van der Waals surface area (Å²) in [4.78, 5) is 31.9. The summed E-state index contributed by atoms with van der Waals surface area (Å²) in [5.74, 6) is 0.607. The van der Waals surface area contributed by atoms with Crippen LogP contribution in [-0.2, 0) is 4.79 Å². The van der Waals surface area contributed by atoms with E-state index in [-0.39, 0.29) is 11.8 Å². The van der Waals surface area contributed by atoms with E-state index in [1.165, 1.54) is 11.3 Å². The standard InChI is InChI=1S/C20H28N4O2S/c1-7-24(8-2)15-10-9-14(12-21-15)22-18(25)17-13(3)11-16(27-17)23-19(26)20(4,5)6/h9-12H,7-8H2,1-6H3,(H,22,25)(H,23,26). The quantitative estimate of drug-likeness (QED) is 0.762. The van der Waals surface area contributed by atoms with Crippen LogP contribution < -0.4 is 15.5 Å². The van der Waals surface area contributed by atoms with Gasteiger partial charge >= 0.3 is 0 Å². The van der Waals surface area contributed by atoms with Crippen LogP contribution >= 0.6 is 11.3 Å². The number of aromatic nitrogens is 1. The highest BCUT2D eigenvalue weighted by Crippen LogP contribution is 2.29. The van der Waals surface area contributed by atoms with Crippen LogP contribution in [0.4, 0.5) is 16.5 Å². The summed E-state index contributed by atoms with van der Waals surface area (Å²) >= 11 is 1.27. The fourth-order valence-electron chi connectivity index (χ4n) is 2.45. The highest BCUT2D eigenvalue weighted by atomic mass is 32.1. The number of pyridine rings is 1. The highest BCUT2D eigenvalue weighted by Gasteiger charge is 2.23. The lowest BCUT2D eigenvalue weighted by molar-refractivity contribution is -0.123. The van der Waals surface area contributed by atoms with Gasteiger partial charge in [-0.25, -0.2) is 4.98 Å². The van der Waals surface area contributed by atoms with Gasteiger partial charge in [0.15, 0.2) is 0 Å². The summed E-state index contributed by atoms with van der Waals surface area (Å²) in [5.41, 5.74) is 0.983. The molecule has 7 heteroatoms. The molecule has 6 nitrogen and oxygen atoms in total. The third-order valence-corrected chi connectivity index (χ3v) is 5.29. The summed E-state index contributed by atoms with van der Waals surface area (Å²) in [6.07, 6.45) is 1.66. The van der Waals surface area contributed by atoms with Gasteiger partial charge in [0.25, 0.3) is 5.91 Å². The van der Waals surface area contributed by atoms with Gasteiger partial charge in [0, 0.05) is 18.5 Å². The van der Waals surface area contributed by atoms with Crippen molar-refractivity contribution in [2.45, 2.75) is 41.5 Å². The van der Waals surface area contributed by atoms with E-state index in [1.807, 2.05) is 45.9 Å². The summed E-state index contributed by atoms with van der Waals surface area (Å²) in [5, 5.41) is 6.43. The molecule has 2 rings (SSSR count). The van der Waals surface area contributed by atoms with E-state index >= 15 is 0 Å². The maximum absolute atomic E-state index is 12.6. The first kappa shape index (κ1) is 20.9. The lowest BCUT2D eigenvalue weighted by atomic mass is 9.96. The minimum atomic E-state index is -0.488. The van der Waals surface area contributed by atoms with Gasteiger partial charge in [-0.3, -0.25) is 9.59 Å². The van der Waals surface area contributed by atoms with Crippen molar-refractivity contribution in [1.29, 1.82) is 0 Å². The zero-order chi connectivity index (χ0) is 20.2. The molecule has 0 saturated carbocycles. The number of carbonyl (C=O) groups is 2. The average Bonchev–Trinajstić information content (AvgIpc) is 2.97. The number of hydrogen-bond acceptors (Lipinski definition) is 5. The fourth-order valence-corrected chi connectivity index (χ4v) is 3.41. The fraction of sp³-hybridized carbons (Fsp3) is 0.450. The SMILES string of the molecule is CCN(CC)c1ccc(NC(=O)c2sc(NC(=O)C(C)(C)C)cc2C)cn1. The molecule has 2 aromatic heterocycles. The molecule has 0 aliphatic heterocycles. The van der Waals surface area contributed by atoms with Crippen LogP contribution in [0, 0.1) is 12.3 Å². The van der Waals surface area contributed by atoms with Crippen LogP contribution in [0.3, 0.4) is 0 Å². The van der Waals surface area contributed by atoms with E-state index in [2.05, 4.69) is 34.4 Å². The molecule has 2 N–H and O–H groups in total. The van der Waals surface area contributed by atoms with Gasteiger partial charge in [-0.05, 0) is 44.5 Å². The van der Waals surface area contributed by atoms with Crippen molar-refractivity contribution < 1.29 is 9.59 Å². The van der Waals surface area contributed by atoms with Crippen LogP contribution in [0.2, 0.25) is 0 Å². The summed E-state index contributed by atoms with van der Waals surface area (Å²) < 4.78 is 0. The number of rotatable bonds is 6. The number of anilines is 3. The molecule has 0 radical (unpaired) electrons. The number of nitrogens with zero attached hydrogens (tertiary/aromatic N) is 2. The lowest BCUT2D eigenvalue weighted by Gasteiger charge is -2.19. The second kappa shape index (κ2) is 8.52. The first-order valence-corrected chi connectivity index (χ1v) is 9.91. The van der Waals surface area contributed by atoms with Gasteiger partial charge in [-0.2, -0.15) is 0 Å². The third kappa shape index (κ3) is 5.29. The number of nitrogens with one attached hydrogen (secondary N) is 2. The Balaban J connectivity index is 2.09. The van der Waals surface area contributed by atoms with Gasteiger partial charge in [-0.15, -0.1) is 11.3 Å². The molecular weight excluding hydrogens is 360 g/mol. The Bertz CT molecular complexity index is 802. The predicted molar refractivity (Wildman–Crippen MR) is 113 cm³/mol. The van der Waals surface area contributed by atoms with Crippen molar-refractivity contribution in [3.8, 4) is 0 Å². The number of thiophene rings is 1. The molecule has 0 aromatic carbocycles.